The van der Waals surface area contributed by atoms with Gasteiger partial charge in [-0.05, 0) is 113 Å². The molecule has 0 aliphatic carbocycles. The van der Waals surface area contributed by atoms with Crippen LogP contribution in [0.1, 0.15) is 69.7 Å². The Kier molecular flexibility index (Phi) is 12.5. The summed E-state index contributed by atoms with van der Waals surface area (Å²) >= 11 is 4.68. The molecule has 0 saturated carbocycles. The van der Waals surface area contributed by atoms with Gasteiger partial charge in [0.15, 0.2) is 11.2 Å². The third-order valence-corrected chi connectivity index (χ3v) is 11.2. The number of nitrogens with one attached hydrogen (secondary N) is 3. The average Bonchev–Trinajstić information content (AvgIpc) is 3.34. The van der Waals surface area contributed by atoms with E-state index in [1.165, 1.54) is 18.2 Å². The van der Waals surface area contributed by atoms with Crippen molar-refractivity contribution in [1.29, 1.82) is 5.26 Å². The number of pyridine rings is 1. The molecule has 2 aromatic carbocycles. The van der Waals surface area contributed by atoms with Crippen LogP contribution in [0.15, 0.2) is 48.7 Å². The van der Waals surface area contributed by atoms with Crippen LogP contribution in [0.2, 0.25) is 0 Å². The lowest BCUT2D eigenvalue weighted by Crippen LogP contribution is -2.47. The first kappa shape index (κ1) is 42.2. The Bertz CT molecular complexity index is 2120. The Balaban J connectivity index is 0.999. The van der Waals surface area contributed by atoms with Gasteiger partial charge in [0.25, 0.3) is 5.91 Å². The van der Waals surface area contributed by atoms with Gasteiger partial charge in [0.1, 0.15) is 29.2 Å². The molecule has 3 aromatic rings. The lowest BCUT2D eigenvalue weighted by molar-refractivity contribution is -0.138. The number of halogens is 4. The molecule has 6 rings (SSSR count). The number of amides is 4. The van der Waals surface area contributed by atoms with E-state index in [9.17, 15) is 42.0 Å². The number of likely N-dealkylation sites (tertiary alicyclic amines) is 1. The van der Waals surface area contributed by atoms with Gasteiger partial charge in [-0.1, -0.05) is 6.92 Å². The molecule has 3 fully saturated rings. The van der Waals surface area contributed by atoms with Crippen LogP contribution in [0.5, 0.6) is 5.75 Å². The number of alkyl halides is 3. The minimum absolute atomic E-state index is 0.128. The molecule has 0 radical (unpaired) electrons. The molecule has 13 nitrogen and oxygen atoms in total. The first-order valence-corrected chi connectivity index (χ1v) is 19.5. The van der Waals surface area contributed by atoms with Gasteiger partial charge in [-0.25, -0.2) is 9.37 Å². The number of nitrogens with zero attached hydrogens (tertiary/aromatic N) is 5. The number of carbonyl (C=O) groups is 4. The number of aromatic nitrogens is 1. The lowest BCUT2D eigenvalue weighted by Gasteiger charge is -2.34. The van der Waals surface area contributed by atoms with E-state index in [2.05, 4.69) is 33.6 Å². The summed E-state index contributed by atoms with van der Waals surface area (Å²) in [6, 6.07) is 11.0. The van der Waals surface area contributed by atoms with Gasteiger partial charge in [-0.2, -0.15) is 18.4 Å². The zero-order valence-corrected chi connectivity index (χ0v) is 33.1. The van der Waals surface area contributed by atoms with Crippen LogP contribution in [-0.2, 0) is 31.8 Å². The molecule has 0 bridgehead atoms. The van der Waals surface area contributed by atoms with E-state index < -0.39 is 52.1 Å². The highest BCUT2D eigenvalue weighted by atomic mass is 32.1. The Morgan fingerprint density at radius 3 is 2.47 bits per heavy atom. The van der Waals surface area contributed by atoms with E-state index in [0.717, 1.165) is 42.0 Å². The quantitative estimate of drug-likeness (QED) is 0.0991. The topological polar surface area (TPSA) is 160 Å². The summed E-state index contributed by atoms with van der Waals surface area (Å²) in [4.78, 5) is 58.7. The fourth-order valence-corrected chi connectivity index (χ4v) is 8.25. The molecular formula is C40H44F4N8O5S. The third kappa shape index (κ3) is 9.31. The van der Waals surface area contributed by atoms with Crippen molar-refractivity contribution in [1.82, 2.24) is 15.2 Å². The van der Waals surface area contributed by atoms with E-state index in [1.807, 2.05) is 24.0 Å². The van der Waals surface area contributed by atoms with Gasteiger partial charge >= 0.3 is 6.18 Å². The van der Waals surface area contributed by atoms with E-state index in [-0.39, 0.29) is 42.6 Å². The minimum Gasteiger partial charge on any atom is -0.493 e. The number of nitriles is 1. The molecule has 4 amide bonds. The third-order valence-electron chi connectivity index (χ3n) is 10.7. The highest BCUT2D eigenvalue weighted by Gasteiger charge is 2.52. The van der Waals surface area contributed by atoms with Crippen molar-refractivity contribution in [3.63, 3.8) is 0 Å². The maximum atomic E-state index is 14.4. The van der Waals surface area contributed by atoms with Gasteiger partial charge in [0, 0.05) is 23.5 Å². The van der Waals surface area contributed by atoms with Crippen molar-refractivity contribution >= 4 is 59.0 Å². The summed E-state index contributed by atoms with van der Waals surface area (Å²) in [6.07, 6.45) is -0.219. The number of thiol groups is 1. The van der Waals surface area contributed by atoms with E-state index in [0.29, 0.717) is 49.2 Å². The number of ether oxygens (including phenoxy) is 1. The Morgan fingerprint density at radius 2 is 1.79 bits per heavy atom. The molecule has 18 heteroatoms. The second-order valence-corrected chi connectivity index (χ2v) is 15.5. The van der Waals surface area contributed by atoms with Gasteiger partial charge in [0.05, 0.1) is 30.6 Å². The molecule has 3 N–H and O–H groups in total. The molecular weight excluding hydrogens is 781 g/mol. The first-order valence-electron chi connectivity index (χ1n) is 19.0. The van der Waals surface area contributed by atoms with Crippen LogP contribution >= 0.6 is 12.6 Å². The molecule has 58 heavy (non-hydrogen) atoms. The number of carbonyl (C=O) groups excluding carboxylic acids is 4. The number of imide groups is 1. The SMILES string of the molecule is CCc1cc(N2C(S)N(c3cnc(C#N)c(C(F)(F)F)c3)C(=O)C2(C)C)ccc1OCCC1CCN(CC(=O)Nc2cc(F)cc(NC3CCC(=O)NC3=O)c2)CC1. The standard InChI is InChI=1S/C40H44F4N8O5S/c1-4-24-15-28(52-38(58)51(37(56)39(52,2)3)29-19-30(40(42,43)44)32(20-45)46-21-29)5-7-33(24)57-14-11-23-9-12-50(13-10-23)22-35(54)48-27-17-25(41)16-26(18-27)47-31-6-8-34(53)49-36(31)55/h5,7,15-19,21,23,31,38,47,58H,4,6,8-14,22H2,1-3H3,(H,48,54)(H,49,53,55). The highest BCUT2D eigenvalue weighted by molar-refractivity contribution is 7.81. The zero-order chi connectivity index (χ0) is 41.9. The van der Waals surface area contributed by atoms with Crippen LogP contribution < -0.4 is 30.5 Å². The molecule has 2 unspecified atom stereocenters. The predicted octanol–water partition coefficient (Wildman–Crippen LogP) is 5.86. The maximum absolute atomic E-state index is 14.4. The van der Waals surface area contributed by atoms with Gasteiger partial charge in [-0.15, -0.1) is 12.6 Å². The predicted molar refractivity (Wildman–Crippen MR) is 211 cm³/mol. The summed E-state index contributed by atoms with van der Waals surface area (Å²) in [5.74, 6) is -1.16. The van der Waals surface area contributed by atoms with Crippen molar-refractivity contribution in [2.45, 2.75) is 82.6 Å². The van der Waals surface area contributed by atoms with E-state index >= 15 is 0 Å². The van der Waals surface area contributed by atoms with Gasteiger partial charge < -0.3 is 20.3 Å². The molecule has 3 aliphatic rings. The molecule has 4 heterocycles. The smallest absolute Gasteiger partial charge is 0.419 e. The summed E-state index contributed by atoms with van der Waals surface area (Å²) in [7, 11) is 0. The van der Waals surface area contributed by atoms with Gasteiger partial charge in [-0.3, -0.25) is 34.3 Å². The largest absolute Gasteiger partial charge is 0.493 e. The number of hydrogen-bond donors (Lipinski definition) is 4. The van der Waals surface area contributed by atoms with Crippen LogP contribution in [0.25, 0.3) is 0 Å². The summed E-state index contributed by atoms with van der Waals surface area (Å²) in [6.45, 7) is 7.27. The van der Waals surface area contributed by atoms with Crippen molar-refractivity contribution in [3.8, 4) is 11.8 Å². The van der Waals surface area contributed by atoms with Crippen LogP contribution in [0.3, 0.4) is 0 Å². The maximum Gasteiger partial charge on any atom is 0.419 e. The number of rotatable bonds is 12. The summed E-state index contributed by atoms with van der Waals surface area (Å²) in [5.41, 5.74) is -2.26. The Hall–Kier alpha value is -5.41. The second-order valence-electron chi connectivity index (χ2n) is 15.1. The molecule has 3 saturated heterocycles. The lowest BCUT2D eigenvalue weighted by atomic mass is 9.94. The monoisotopic (exact) mass is 824 g/mol. The number of piperidine rings is 2. The summed E-state index contributed by atoms with van der Waals surface area (Å²) in [5, 5.41) is 17.1. The van der Waals surface area contributed by atoms with Crippen molar-refractivity contribution in [2.75, 3.05) is 46.7 Å². The number of benzene rings is 2. The van der Waals surface area contributed by atoms with E-state index in [1.54, 1.807) is 30.9 Å². The zero-order valence-electron chi connectivity index (χ0n) is 32.2. The summed E-state index contributed by atoms with van der Waals surface area (Å²) < 4.78 is 61.8. The molecule has 2 atom stereocenters. The van der Waals surface area contributed by atoms with Gasteiger partial charge in [0.2, 0.25) is 17.7 Å². The molecule has 308 valence electrons. The average molecular weight is 825 g/mol. The van der Waals surface area contributed by atoms with Crippen LogP contribution in [-0.4, -0.2) is 76.8 Å². The second kappa shape index (κ2) is 17.2. The van der Waals surface area contributed by atoms with Crippen LogP contribution in [0.4, 0.5) is 40.3 Å². The number of hydrogen-bond acceptors (Lipinski definition) is 11. The van der Waals surface area contributed by atoms with Crippen molar-refractivity contribution < 1.29 is 41.5 Å². The van der Waals surface area contributed by atoms with E-state index in [4.69, 9.17) is 4.74 Å². The molecule has 3 aliphatic heterocycles. The normalized spacial score (nSPS) is 20.2. The minimum atomic E-state index is -4.85. The Labute approximate surface area is 338 Å². The number of anilines is 4. The Morgan fingerprint density at radius 1 is 1.07 bits per heavy atom. The fraction of sp³-hybridized carbons (Fsp3) is 0.450. The molecule has 0 spiro atoms. The first-order chi connectivity index (χ1) is 27.5. The highest BCUT2D eigenvalue weighted by Crippen LogP contribution is 2.43. The fourth-order valence-electron chi connectivity index (χ4n) is 7.59. The number of aryl methyl sites for hydroxylation is 1. The molecule has 1 aromatic heterocycles. The van der Waals surface area contributed by atoms with Crippen molar-refractivity contribution in [3.05, 3.63) is 71.3 Å². The van der Waals surface area contributed by atoms with Crippen molar-refractivity contribution in [2.24, 2.45) is 5.92 Å². The van der Waals surface area contributed by atoms with Crippen LogP contribution in [0, 0.1) is 23.1 Å².